The van der Waals surface area contributed by atoms with Gasteiger partial charge < -0.3 is 14.6 Å². The van der Waals surface area contributed by atoms with E-state index in [1.165, 1.54) is 116 Å². The van der Waals surface area contributed by atoms with Crippen LogP contribution in [-0.2, 0) is 19.1 Å². The zero-order valence-corrected chi connectivity index (χ0v) is 34.1. The molecule has 300 valence electrons. The summed E-state index contributed by atoms with van der Waals surface area (Å²) in [6.07, 6.45) is 55.7. The molecule has 1 N–H and O–H groups in total. The third-order valence-electron chi connectivity index (χ3n) is 9.28. The quantitative estimate of drug-likeness (QED) is 0.0388. The van der Waals surface area contributed by atoms with Gasteiger partial charge in [-0.15, -0.1) is 0 Å². The highest BCUT2D eigenvalue weighted by molar-refractivity contribution is 5.70. The zero-order chi connectivity index (χ0) is 37.8. The molecule has 0 radical (unpaired) electrons. The molecule has 0 saturated heterocycles. The first-order valence-corrected chi connectivity index (χ1v) is 21.8. The molecule has 0 aliphatic carbocycles. The standard InChI is InChI=1S/C47H82O5/c1-3-5-7-9-11-13-15-17-19-21-23-25-27-29-31-33-35-37-39-41-46(49)51-44-45(43-48)52-47(50)42-40-38-36-34-32-30-28-26-24-22-20-18-16-14-12-10-8-6-4-2/h11,13,17-20,23,25,29,31,45,48H,3-10,12,14-16,21-22,24,26-28,30,32-44H2,1-2H3/b13-11-,19-17-,20-18-,25-23-,31-29-/t45-/m0/s1. The summed E-state index contributed by atoms with van der Waals surface area (Å²) in [4.78, 5) is 24.3. The molecule has 0 aromatic carbocycles. The largest absolute Gasteiger partial charge is 0.462 e. The maximum absolute atomic E-state index is 12.2. The summed E-state index contributed by atoms with van der Waals surface area (Å²) < 4.78 is 10.6. The zero-order valence-electron chi connectivity index (χ0n) is 34.1. The van der Waals surface area contributed by atoms with Gasteiger partial charge in [0.15, 0.2) is 6.10 Å². The first-order chi connectivity index (χ1) is 25.6. The number of unbranched alkanes of at least 4 members (excludes halogenated alkanes) is 21. The Hall–Kier alpha value is -2.40. The van der Waals surface area contributed by atoms with Gasteiger partial charge in [-0.05, 0) is 83.5 Å². The van der Waals surface area contributed by atoms with Crippen LogP contribution in [0.15, 0.2) is 60.8 Å². The van der Waals surface area contributed by atoms with Crippen LogP contribution < -0.4 is 0 Å². The molecule has 5 heteroatoms. The highest BCUT2D eigenvalue weighted by atomic mass is 16.6. The van der Waals surface area contributed by atoms with Crippen molar-refractivity contribution >= 4 is 11.9 Å². The van der Waals surface area contributed by atoms with Crippen molar-refractivity contribution in [1.29, 1.82) is 0 Å². The second kappa shape index (κ2) is 43.0. The smallest absolute Gasteiger partial charge is 0.306 e. The third kappa shape index (κ3) is 40.4. The summed E-state index contributed by atoms with van der Waals surface area (Å²) in [5.74, 6) is -0.629. The molecular weight excluding hydrogens is 645 g/mol. The topological polar surface area (TPSA) is 72.8 Å². The molecule has 0 aromatic heterocycles. The Labute approximate surface area is 321 Å². The van der Waals surface area contributed by atoms with Gasteiger partial charge >= 0.3 is 11.9 Å². The van der Waals surface area contributed by atoms with E-state index < -0.39 is 6.10 Å². The number of carbonyl (C=O) groups excluding carboxylic acids is 2. The van der Waals surface area contributed by atoms with E-state index in [4.69, 9.17) is 9.47 Å². The van der Waals surface area contributed by atoms with E-state index in [0.29, 0.717) is 12.8 Å². The lowest BCUT2D eigenvalue weighted by molar-refractivity contribution is -0.161. The van der Waals surface area contributed by atoms with Gasteiger partial charge in [-0.3, -0.25) is 9.59 Å². The second-order valence-electron chi connectivity index (χ2n) is 14.4. The number of aliphatic hydroxyl groups excluding tert-OH is 1. The number of aliphatic hydroxyl groups is 1. The fourth-order valence-corrected chi connectivity index (χ4v) is 5.94. The lowest BCUT2D eigenvalue weighted by atomic mass is 10.1. The van der Waals surface area contributed by atoms with Gasteiger partial charge in [0, 0.05) is 12.8 Å². The van der Waals surface area contributed by atoms with Crippen molar-refractivity contribution < 1.29 is 24.2 Å². The Morgan fingerprint density at radius 1 is 0.442 bits per heavy atom. The van der Waals surface area contributed by atoms with Crippen LogP contribution in [0, 0.1) is 0 Å². The monoisotopic (exact) mass is 727 g/mol. The molecule has 0 aliphatic rings. The molecule has 0 rings (SSSR count). The van der Waals surface area contributed by atoms with E-state index >= 15 is 0 Å². The van der Waals surface area contributed by atoms with E-state index in [9.17, 15) is 14.7 Å². The molecule has 0 aromatic rings. The van der Waals surface area contributed by atoms with Crippen molar-refractivity contribution in [3.63, 3.8) is 0 Å². The molecule has 0 spiro atoms. The number of ether oxygens (including phenoxy) is 2. The highest BCUT2D eigenvalue weighted by Crippen LogP contribution is 2.13. The van der Waals surface area contributed by atoms with Crippen LogP contribution in [0.4, 0.5) is 0 Å². The van der Waals surface area contributed by atoms with Crippen LogP contribution in [0.5, 0.6) is 0 Å². The third-order valence-corrected chi connectivity index (χ3v) is 9.28. The predicted molar refractivity (Wildman–Crippen MR) is 223 cm³/mol. The fourth-order valence-electron chi connectivity index (χ4n) is 5.94. The molecule has 0 bridgehead atoms. The van der Waals surface area contributed by atoms with Crippen molar-refractivity contribution in [2.24, 2.45) is 0 Å². The molecule has 5 nitrogen and oxygen atoms in total. The number of carbonyl (C=O) groups is 2. The van der Waals surface area contributed by atoms with Crippen LogP contribution in [0.1, 0.15) is 206 Å². The van der Waals surface area contributed by atoms with Crippen molar-refractivity contribution in [1.82, 2.24) is 0 Å². The number of hydrogen-bond acceptors (Lipinski definition) is 5. The number of rotatable bonds is 39. The van der Waals surface area contributed by atoms with Gasteiger partial charge in [0.25, 0.3) is 0 Å². The Morgan fingerprint density at radius 3 is 1.23 bits per heavy atom. The molecule has 0 unspecified atom stereocenters. The van der Waals surface area contributed by atoms with Crippen molar-refractivity contribution in [3.05, 3.63) is 60.8 Å². The molecular formula is C47H82O5. The fraction of sp³-hybridized carbons (Fsp3) is 0.745. The second-order valence-corrected chi connectivity index (χ2v) is 14.4. The van der Waals surface area contributed by atoms with Crippen molar-refractivity contribution in [2.45, 2.75) is 213 Å². The summed E-state index contributed by atoms with van der Waals surface area (Å²) >= 11 is 0. The van der Waals surface area contributed by atoms with Crippen LogP contribution in [0.3, 0.4) is 0 Å². The molecule has 0 amide bonds. The van der Waals surface area contributed by atoms with E-state index in [1.54, 1.807) is 0 Å². The van der Waals surface area contributed by atoms with E-state index in [2.05, 4.69) is 74.6 Å². The minimum atomic E-state index is -0.787. The van der Waals surface area contributed by atoms with Gasteiger partial charge in [-0.2, -0.15) is 0 Å². The van der Waals surface area contributed by atoms with Crippen molar-refractivity contribution in [3.8, 4) is 0 Å². The first kappa shape index (κ1) is 49.6. The minimum absolute atomic E-state index is 0.0845. The van der Waals surface area contributed by atoms with Gasteiger partial charge in [-0.25, -0.2) is 0 Å². The number of hydrogen-bond donors (Lipinski definition) is 1. The maximum atomic E-state index is 12.2. The SMILES string of the molecule is CCCCC/C=C\C/C=C\C/C=C\C/C=C\CCCCCC(=O)OC[C@H](CO)OC(=O)CCCCCCCCCCC/C=C\CCCCCCCC. The molecule has 52 heavy (non-hydrogen) atoms. The molecule has 0 heterocycles. The summed E-state index contributed by atoms with van der Waals surface area (Å²) in [6.45, 7) is 4.08. The number of allylic oxidation sites excluding steroid dienone is 10. The Bertz CT molecular complexity index is 915. The maximum Gasteiger partial charge on any atom is 0.306 e. The molecule has 0 saturated carbocycles. The van der Waals surface area contributed by atoms with E-state index in [0.717, 1.165) is 64.2 Å². The molecule has 0 aliphatic heterocycles. The lowest BCUT2D eigenvalue weighted by Gasteiger charge is -2.15. The Morgan fingerprint density at radius 2 is 0.769 bits per heavy atom. The van der Waals surface area contributed by atoms with Gasteiger partial charge in [0.05, 0.1) is 6.61 Å². The Balaban J connectivity index is 3.61. The van der Waals surface area contributed by atoms with Crippen LogP contribution >= 0.6 is 0 Å². The lowest BCUT2D eigenvalue weighted by Crippen LogP contribution is -2.28. The Kier molecular flexibility index (Phi) is 41.0. The normalized spacial score (nSPS) is 12.8. The first-order valence-electron chi connectivity index (χ1n) is 21.8. The van der Waals surface area contributed by atoms with Crippen LogP contribution in [-0.4, -0.2) is 36.4 Å². The predicted octanol–water partition coefficient (Wildman–Crippen LogP) is 14.0. The highest BCUT2D eigenvalue weighted by Gasteiger charge is 2.16. The van der Waals surface area contributed by atoms with Gasteiger partial charge in [-0.1, -0.05) is 171 Å². The average molecular weight is 727 g/mol. The molecule has 1 atom stereocenters. The molecule has 0 fully saturated rings. The van der Waals surface area contributed by atoms with Crippen LogP contribution in [0.2, 0.25) is 0 Å². The number of esters is 2. The minimum Gasteiger partial charge on any atom is -0.462 e. The van der Waals surface area contributed by atoms with Crippen LogP contribution in [0.25, 0.3) is 0 Å². The summed E-state index contributed by atoms with van der Waals surface area (Å²) in [6, 6.07) is 0. The summed E-state index contributed by atoms with van der Waals surface area (Å²) in [7, 11) is 0. The van der Waals surface area contributed by atoms with Gasteiger partial charge in [0.2, 0.25) is 0 Å². The summed E-state index contributed by atoms with van der Waals surface area (Å²) in [5, 5.41) is 9.58. The van der Waals surface area contributed by atoms with E-state index in [1.807, 2.05) is 0 Å². The average Bonchev–Trinajstić information content (AvgIpc) is 3.15. The van der Waals surface area contributed by atoms with Crippen molar-refractivity contribution in [2.75, 3.05) is 13.2 Å². The van der Waals surface area contributed by atoms with Gasteiger partial charge in [0.1, 0.15) is 6.61 Å². The van der Waals surface area contributed by atoms with E-state index in [-0.39, 0.29) is 25.2 Å². The summed E-state index contributed by atoms with van der Waals surface area (Å²) in [5.41, 5.74) is 0.